The number of nitrogens with one attached hydrogen (secondary N) is 1. The van der Waals surface area contributed by atoms with E-state index in [1.54, 1.807) is 4.90 Å². The lowest BCUT2D eigenvalue weighted by molar-refractivity contribution is -0.142. The molecule has 0 radical (unpaired) electrons. The van der Waals surface area contributed by atoms with Crippen molar-refractivity contribution < 1.29 is 35.9 Å². The molecule has 0 spiro atoms. The van der Waals surface area contributed by atoms with Gasteiger partial charge in [0.2, 0.25) is 0 Å². The molecule has 48 heavy (non-hydrogen) atoms. The smallest absolute Gasteiger partial charge is 0.431 e. The van der Waals surface area contributed by atoms with Crippen molar-refractivity contribution in [3.63, 3.8) is 0 Å². The van der Waals surface area contributed by atoms with Gasteiger partial charge in [-0.1, -0.05) is 12.0 Å². The minimum absolute atomic E-state index is 0.00198. The van der Waals surface area contributed by atoms with Gasteiger partial charge in [-0.25, -0.2) is 8.78 Å². The summed E-state index contributed by atoms with van der Waals surface area (Å²) in [6.07, 6.45) is -0.502. The number of phenols is 1. The Balaban J connectivity index is 1.35. The molecule has 2 aromatic carbocycles. The number of benzene rings is 2. The summed E-state index contributed by atoms with van der Waals surface area (Å²) in [5.41, 5.74) is -5.38. The number of ether oxygens (including phenoxy) is 1. The number of hydrogen-bond acceptors (Lipinski definition) is 8. The highest BCUT2D eigenvalue weighted by atomic mass is 19.4. The highest BCUT2D eigenvalue weighted by Gasteiger charge is 2.49. The molecular formula is C34H31F5N6O3. The van der Waals surface area contributed by atoms with Crippen LogP contribution in [0.25, 0.3) is 27.4 Å². The average Bonchev–Trinajstić information content (AvgIpc) is 3.63. The van der Waals surface area contributed by atoms with Crippen LogP contribution in [0.3, 0.4) is 0 Å². The van der Waals surface area contributed by atoms with Crippen LogP contribution in [0.1, 0.15) is 47.5 Å². The van der Waals surface area contributed by atoms with Gasteiger partial charge in [-0.15, -0.1) is 6.42 Å². The van der Waals surface area contributed by atoms with Gasteiger partial charge in [0.05, 0.1) is 23.5 Å². The standard InChI is InChI=1S/C34H31F5N6O3/c1-2-23-25(36)7-4-18-10-22(46)11-26(28(18)23)45-27(34(37,38)39)12-24-29(31(45)47)41-32(42-30(24)43-15-20-5-6-21(16-43)40-20)48-17-33-8-3-9-44(33)14-19(35)13-33/h1,4,7,10-12,19-21,40,46H,3,5-6,8-9,13-17H2/t19-,20-,21+,33+/m1/s1/i9D2,19D. The molecule has 6 heterocycles. The number of terminal acetylenes is 1. The Morgan fingerprint density at radius 2 is 1.96 bits per heavy atom. The lowest BCUT2D eigenvalue weighted by Gasteiger charge is -2.34. The first kappa shape index (κ1) is 27.5. The van der Waals surface area contributed by atoms with Crippen LogP contribution in [0.4, 0.5) is 27.8 Å². The van der Waals surface area contributed by atoms with E-state index < -0.39 is 76.5 Å². The lowest BCUT2D eigenvalue weighted by atomic mass is 9.95. The molecule has 250 valence electrons. The van der Waals surface area contributed by atoms with Crippen molar-refractivity contribution in [2.24, 2.45) is 0 Å². The van der Waals surface area contributed by atoms with Crippen LogP contribution in [0.5, 0.6) is 11.8 Å². The van der Waals surface area contributed by atoms with Crippen molar-refractivity contribution in [1.82, 2.24) is 24.8 Å². The molecule has 4 fully saturated rings. The predicted octanol–water partition coefficient (Wildman–Crippen LogP) is 4.67. The maximum Gasteiger partial charge on any atom is 0.431 e. The van der Waals surface area contributed by atoms with Crippen molar-refractivity contribution in [2.45, 2.75) is 62.1 Å². The Morgan fingerprint density at radius 3 is 2.69 bits per heavy atom. The molecule has 0 unspecified atom stereocenters. The van der Waals surface area contributed by atoms with Crippen LogP contribution < -0.4 is 20.5 Å². The number of anilines is 1. The van der Waals surface area contributed by atoms with Crippen molar-refractivity contribution in [1.29, 1.82) is 0 Å². The van der Waals surface area contributed by atoms with E-state index in [4.69, 9.17) is 15.3 Å². The third-order valence-electron chi connectivity index (χ3n) is 9.84. The highest BCUT2D eigenvalue weighted by Crippen LogP contribution is 2.42. The number of pyridine rings is 1. The summed E-state index contributed by atoms with van der Waals surface area (Å²) in [5, 5.41) is 13.7. The summed E-state index contributed by atoms with van der Waals surface area (Å²) in [6, 6.07) is 4.66. The number of halogens is 5. The fourth-order valence-corrected chi connectivity index (χ4v) is 7.71. The molecule has 8 rings (SSSR count). The van der Waals surface area contributed by atoms with Crippen molar-refractivity contribution in [2.75, 3.05) is 37.6 Å². The Bertz CT molecular complexity index is 2220. The number of phenolic OH excluding ortho intramolecular Hbond substituents is 1. The van der Waals surface area contributed by atoms with Gasteiger partial charge in [-0.3, -0.25) is 14.3 Å². The van der Waals surface area contributed by atoms with E-state index in [-0.39, 0.29) is 59.9 Å². The van der Waals surface area contributed by atoms with Gasteiger partial charge < -0.3 is 20.1 Å². The number of aromatic nitrogens is 3. The molecule has 4 aliphatic heterocycles. The third kappa shape index (κ3) is 4.94. The zero-order valence-electron chi connectivity index (χ0n) is 28.4. The van der Waals surface area contributed by atoms with Crippen molar-refractivity contribution >= 4 is 27.5 Å². The molecule has 4 aromatic rings. The second kappa shape index (κ2) is 11.0. The van der Waals surface area contributed by atoms with E-state index in [9.17, 15) is 14.3 Å². The average molecular weight is 670 g/mol. The van der Waals surface area contributed by atoms with Crippen LogP contribution in [-0.4, -0.2) is 81.0 Å². The zero-order valence-corrected chi connectivity index (χ0v) is 25.4. The number of piperazine rings is 1. The Labute approximate surface area is 275 Å². The maximum absolute atomic E-state index is 15.0. The van der Waals surface area contributed by atoms with E-state index in [1.165, 1.54) is 17.0 Å². The molecule has 2 aromatic heterocycles. The second-order valence-corrected chi connectivity index (χ2v) is 12.9. The molecule has 9 nitrogen and oxygen atoms in total. The molecular weight excluding hydrogens is 635 g/mol. The molecule has 14 heteroatoms. The van der Waals surface area contributed by atoms with Gasteiger partial charge >= 0.3 is 12.2 Å². The van der Waals surface area contributed by atoms with Gasteiger partial charge in [0.1, 0.15) is 41.3 Å². The first-order valence-corrected chi connectivity index (χ1v) is 15.6. The summed E-state index contributed by atoms with van der Waals surface area (Å²) in [7, 11) is 0. The summed E-state index contributed by atoms with van der Waals surface area (Å²) < 4.78 is 106. The van der Waals surface area contributed by atoms with E-state index in [0.717, 1.165) is 31.0 Å². The van der Waals surface area contributed by atoms with Gasteiger partial charge in [-0.2, -0.15) is 23.1 Å². The topological polar surface area (TPSA) is 95.8 Å². The second-order valence-electron chi connectivity index (χ2n) is 12.9. The van der Waals surface area contributed by atoms with E-state index >= 15 is 17.6 Å². The minimum Gasteiger partial charge on any atom is -0.508 e. The van der Waals surface area contributed by atoms with Gasteiger partial charge in [-0.05, 0) is 55.8 Å². The molecule has 0 saturated carbocycles. The fraction of sp³-hybridized carbons (Fsp3) is 0.441. The number of rotatable bonds is 5. The third-order valence-corrected chi connectivity index (χ3v) is 9.84. The number of nitrogens with zero attached hydrogens (tertiary/aromatic N) is 5. The van der Waals surface area contributed by atoms with Crippen LogP contribution in [0.15, 0.2) is 35.1 Å². The van der Waals surface area contributed by atoms with Crippen LogP contribution in [-0.2, 0) is 6.18 Å². The Hall–Kier alpha value is -4.48. The summed E-state index contributed by atoms with van der Waals surface area (Å²) in [6.45, 7) is -2.03. The van der Waals surface area contributed by atoms with E-state index in [2.05, 4.69) is 21.2 Å². The minimum atomic E-state index is -5.15. The SMILES string of the molecule is [2H]C1([2H])CC[C@@]2(COc3nc(N4C[C@H]5CC[C@@H](C4)N5)c4cc(C(F)(F)F)n(-c5cc(O)cc6ccc(F)c(C#C)c56)c(=O)c4n3)C[C@@]([2H])(F)CN12. The first-order chi connectivity index (χ1) is 24.0. The zero-order chi connectivity index (χ0) is 36.2. The maximum atomic E-state index is 15.0. The summed E-state index contributed by atoms with van der Waals surface area (Å²) >= 11 is 0. The first-order valence-electron chi connectivity index (χ1n) is 17.1. The fourth-order valence-electron chi connectivity index (χ4n) is 7.71. The quantitative estimate of drug-likeness (QED) is 0.234. The van der Waals surface area contributed by atoms with Crippen molar-refractivity contribution in [3.8, 4) is 29.8 Å². The molecule has 0 aliphatic carbocycles. The lowest BCUT2D eigenvalue weighted by Crippen LogP contribution is -2.51. The predicted molar refractivity (Wildman–Crippen MR) is 168 cm³/mol. The number of fused-ring (bicyclic) bond motifs is 5. The molecule has 4 atom stereocenters. The number of alkyl halides is 4. The monoisotopic (exact) mass is 669 g/mol. The highest BCUT2D eigenvalue weighted by molar-refractivity contribution is 5.97. The Morgan fingerprint density at radius 1 is 1.19 bits per heavy atom. The van der Waals surface area contributed by atoms with Gasteiger partial charge in [0.25, 0.3) is 5.56 Å². The molecule has 4 saturated heterocycles. The van der Waals surface area contributed by atoms with E-state index in [0.29, 0.717) is 17.7 Å². The molecule has 4 aliphatic rings. The van der Waals surface area contributed by atoms with Crippen LogP contribution in [0.2, 0.25) is 0 Å². The number of hydrogen-bond donors (Lipinski definition) is 2. The van der Waals surface area contributed by atoms with Crippen LogP contribution in [0, 0.1) is 18.2 Å². The summed E-state index contributed by atoms with van der Waals surface area (Å²) in [5.74, 6) is 0.721. The van der Waals surface area contributed by atoms with Gasteiger partial charge in [0, 0.05) is 52.3 Å². The van der Waals surface area contributed by atoms with Crippen LogP contribution >= 0.6 is 0 Å². The normalized spacial score (nSPS) is 29.1. The number of aromatic hydroxyl groups is 1. The van der Waals surface area contributed by atoms with Gasteiger partial charge in [0.15, 0.2) is 0 Å². The summed E-state index contributed by atoms with van der Waals surface area (Å²) in [4.78, 5) is 26.3. The Kier molecular flexibility index (Phi) is 6.31. The van der Waals surface area contributed by atoms with Crippen molar-refractivity contribution in [3.05, 3.63) is 57.8 Å². The molecule has 2 N–H and O–H groups in total. The molecule has 2 bridgehead atoms. The molecule has 0 amide bonds. The van der Waals surface area contributed by atoms with E-state index in [1.807, 2.05) is 0 Å². The largest absolute Gasteiger partial charge is 0.508 e.